The molecular formula is C22H18Cl3N3O3S. The van der Waals surface area contributed by atoms with Crippen molar-refractivity contribution in [3.8, 4) is 0 Å². The monoisotopic (exact) mass is 509 g/mol. The van der Waals surface area contributed by atoms with Crippen LogP contribution in [-0.4, -0.2) is 27.1 Å². The number of carbonyl (C=O) groups excluding carboxylic acids is 1. The van der Waals surface area contributed by atoms with E-state index in [4.69, 9.17) is 34.8 Å². The SMILES string of the molecule is Cc1ccc(S(=O)(=O)N(CC(=O)N/N=C\c2c(Cl)cccc2Cl)c2ccccc2Cl)cc1. The molecule has 0 saturated heterocycles. The number of rotatable bonds is 7. The summed E-state index contributed by atoms with van der Waals surface area (Å²) in [5, 5.41) is 4.75. The van der Waals surface area contributed by atoms with Crippen LogP contribution >= 0.6 is 34.8 Å². The predicted molar refractivity (Wildman–Crippen MR) is 129 cm³/mol. The molecule has 0 saturated carbocycles. The Labute approximate surface area is 201 Å². The molecule has 0 aliphatic heterocycles. The molecule has 10 heteroatoms. The van der Waals surface area contributed by atoms with E-state index in [0.29, 0.717) is 15.6 Å². The van der Waals surface area contributed by atoms with Gasteiger partial charge in [0.05, 0.1) is 31.9 Å². The number of hydrazone groups is 1. The van der Waals surface area contributed by atoms with Crippen LogP contribution in [-0.2, 0) is 14.8 Å². The highest BCUT2D eigenvalue weighted by atomic mass is 35.5. The van der Waals surface area contributed by atoms with Crippen LogP contribution in [0.3, 0.4) is 0 Å². The fraction of sp³-hybridized carbons (Fsp3) is 0.0909. The van der Waals surface area contributed by atoms with Crippen molar-refractivity contribution in [2.75, 3.05) is 10.8 Å². The van der Waals surface area contributed by atoms with Crippen LogP contribution in [0.15, 0.2) is 76.7 Å². The van der Waals surface area contributed by atoms with Crippen molar-refractivity contribution >= 4 is 62.6 Å². The zero-order valence-corrected chi connectivity index (χ0v) is 19.9. The van der Waals surface area contributed by atoms with E-state index in [1.165, 1.54) is 24.4 Å². The minimum Gasteiger partial charge on any atom is -0.271 e. The lowest BCUT2D eigenvalue weighted by Crippen LogP contribution is -2.39. The fourth-order valence-corrected chi connectivity index (χ4v) is 4.98. The maximum absolute atomic E-state index is 13.3. The van der Waals surface area contributed by atoms with Crippen molar-refractivity contribution < 1.29 is 13.2 Å². The number of anilines is 1. The summed E-state index contributed by atoms with van der Waals surface area (Å²) in [6.07, 6.45) is 1.29. The third kappa shape index (κ3) is 5.61. The summed E-state index contributed by atoms with van der Waals surface area (Å²) in [7, 11) is -4.09. The van der Waals surface area contributed by atoms with Crippen LogP contribution < -0.4 is 9.73 Å². The van der Waals surface area contributed by atoms with Crippen molar-refractivity contribution in [3.05, 3.63) is 92.9 Å². The molecule has 0 aliphatic rings. The number of hydrogen-bond acceptors (Lipinski definition) is 4. The van der Waals surface area contributed by atoms with E-state index in [-0.39, 0.29) is 15.6 Å². The molecule has 0 bridgehead atoms. The second kappa shape index (κ2) is 10.4. The van der Waals surface area contributed by atoms with Crippen LogP contribution in [0.25, 0.3) is 0 Å². The molecule has 1 N–H and O–H groups in total. The van der Waals surface area contributed by atoms with Crippen molar-refractivity contribution in [3.63, 3.8) is 0 Å². The van der Waals surface area contributed by atoms with Crippen LogP contribution in [0.5, 0.6) is 0 Å². The summed E-state index contributed by atoms with van der Waals surface area (Å²) in [4.78, 5) is 12.6. The standard InChI is InChI=1S/C22H18Cl3N3O3S/c1-15-9-11-16(12-10-15)32(30,31)28(21-8-3-2-5-20(21)25)14-22(29)27-26-13-17-18(23)6-4-7-19(17)24/h2-13H,14H2,1H3,(H,27,29)/b26-13-. The first-order chi connectivity index (χ1) is 15.2. The van der Waals surface area contributed by atoms with Gasteiger partial charge < -0.3 is 0 Å². The molecule has 0 aliphatic carbocycles. The molecule has 3 aromatic carbocycles. The molecule has 0 aromatic heterocycles. The molecular weight excluding hydrogens is 493 g/mol. The van der Waals surface area contributed by atoms with Gasteiger partial charge in [0.15, 0.2) is 0 Å². The van der Waals surface area contributed by atoms with Gasteiger partial charge in [-0.3, -0.25) is 9.10 Å². The number of sulfonamides is 1. The Morgan fingerprint density at radius 1 is 0.938 bits per heavy atom. The van der Waals surface area contributed by atoms with Crippen molar-refractivity contribution in [1.29, 1.82) is 0 Å². The zero-order valence-electron chi connectivity index (χ0n) is 16.8. The first kappa shape index (κ1) is 24.1. The van der Waals surface area contributed by atoms with E-state index in [1.807, 2.05) is 6.92 Å². The summed E-state index contributed by atoms with van der Waals surface area (Å²) in [5.41, 5.74) is 3.80. The van der Waals surface area contributed by atoms with E-state index in [2.05, 4.69) is 10.5 Å². The summed E-state index contributed by atoms with van der Waals surface area (Å²) in [6, 6.07) is 17.6. The highest BCUT2D eigenvalue weighted by Crippen LogP contribution is 2.30. The van der Waals surface area contributed by atoms with Crippen LogP contribution in [0.2, 0.25) is 15.1 Å². The van der Waals surface area contributed by atoms with Gasteiger partial charge in [-0.25, -0.2) is 13.8 Å². The molecule has 0 fully saturated rings. The molecule has 32 heavy (non-hydrogen) atoms. The number of aryl methyl sites for hydroxylation is 1. The molecule has 0 atom stereocenters. The summed E-state index contributed by atoms with van der Waals surface area (Å²) in [6.45, 7) is 1.30. The Balaban J connectivity index is 1.88. The predicted octanol–water partition coefficient (Wildman–Crippen LogP) is 5.30. The first-order valence-electron chi connectivity index (χ1n) is 9.30. The maximum atomic E-state index is 13.3. The average molecular weight is 511 g/mol. The first-order valence-corrected chi connectivity index (χ1v) is 11.9. The number of hydrogen-bond donors (Lipinski definition) is 1. The van der Waals surface area contributed by atoms with Gasteiger partial charge in [-0.05, 0) is 43.3 Å². The van der Waals surface area contributed by atoms with Crippen molar-refractivity contribution in [2.45, 2.75) is 11.8 Å². The summed E-state index contributed by atoms with van der Waals surface area (Å²) >= 11 is 18.4. The van der Waals surface area contributed by atoms with E-state index >= 15 is 0 Å². The Morgan fingerprint density at radius 2 is 1.53 bits per heavy atom. The number of halogens is 3. The topological polar surface area (TPSA) is 78.8 Å². The van der Waals surface area contributed by atoms with Gasteiger partial charge in [0.25, 0.3) is 15.9 Å². The van der Waals surface area contributed by atoms with Gasteiger partial charge in [-0.15, -0.1) is 0 Å². The number of carbonyl (C=O) groups is 1. The Morgan fingerprint density at radius 3 is 2.16 bits per heavy atom. The van der Waals surface area contributed by atoms with E-state index in [1.54, 1.807) is 48.5 Å². The van der Waals surface area contributed by atoms with Gasteiger partial charge in [-0.2, -0.15) is 5.10 Å². The van der Waals surface area contributed by atoms with Crippen molar-refractivity contribution in [1.82, 2.24) is 5.43 Å². The van der Waals surface area contributed by atoms with E-state index in [0.717, 1.165) is 9.87 Å². The number of amides is 1. The second-order valence-electron chi connectivity index (χ2n) is 6.70. The normalized spacial score (nSPS) is 11.5. The van der Waals surface area contributed by atoms with Crippen LogP contribution in [0.1, 0.15) is 11.1 Å². The summed E-state index contributed by atoms with van der Waals surface area (Å²) < 4.78 is 27.6. The van der Waals surface area contributed by atoms with Gasteiger partial charge >= 0.3 is 0 Å². The Bertz CT molecular complexity index is 1240. The maximum Gasteiger partial charge on any atom is 0.264 e. The molecule has 1 amide bonds. The number of nitrogens with one attached hydrogen (secondary N) is 1. The summed E-state index contributed by atoms with van der Waals surface area (Å²) in [5.74, 6) is -0.681. The van der Waals surface area contributed by atoms with Gasteiger partial charge in [0.1, 0.15) is 6.54 Å². The second-order valence-corrected chi connectivity index (χ2v) is 9.79. The number of nitrogens with zero attached hydrogens (tertiary/aromatic N) is 2. The number of para-hydroxylation sites is 1. The third-order valence-electron chi connectivity index (χ3n) is 4.40. The minimum atomic E-state index is -4.09. The van der Waals surface area contributed by atoms with E-state index in [9.17, 15) is 13.2 Å². The Kier molecular flexibility index (Phi) is 7.79. The molecule has 0 radical (unpaired) electrons. The highest BCUT2D eigenvalue weighted by Gasteiger charge is 2.28. The zero-order chi connectivity index (χ0) is 23.3. The molecule has 0 spiro atoms. The van der Waals surface area contributed by atoms with Crippen molar-refractivity contribution in [2.24, 2.45) is 5.10 Å². The lowest BCUT2D eigenvalue weighted by molar-refractivity contribution is -0.119. The molecule has 3 aromatic rings. The Hall–Kier alpha value is -2.58. The fourth-order valence-electron chi connectivity index (χ4n) is 2.76. The third-order valence-corrected chi connectivity index (χ3v) is 7.15. The van der Waals surface area contributed by atoms with E-state index < -0.39 is 22.5 Å². The van der Waals surface area contributed by atoms with Gasteiger partial charge in [-0.1, -0.05) is 70.7 Å². The van der Waals surface area contributed by atoms with Crippen LogP contribution in [0, 0.1) is 6.92 Å². The molecule has 3 rings (SSSR count). The smallest absolute Gasteiger partial charge is 0.264 e. The minimum absolute atomic E-state index is 0.0298. The van der Waals surface area contributed by atoms with Gasteiger partial charge in [0.2, 0.25) is 0 Å². The lowest BCUT2D eigenvalue weighted by atomic mass is 10.2. The molecule has 166 valence electrons. The van der Waals surface area contributed by atoms with Crippen LogP contribution in [0.4, 0.5) is 5.69 Å². The lowest BCUT2D eigenvalue weighted by Gasteiger charge is -2.24. The van der Waals surface area contributed by atoms with Gasteiger partial charge in [0, 0.05) is 5.56 Å². The number of benzene rings is 3. The highest BCUT2D eigenvalue weighted by molar-refractivity contribution is 7.92. The molecule has 6 nitrogen and oxygen atoms in total. The quantitative estimate of drug-likeness (QED) is 0.346. The largest absolute Gasteiger partial charge is 0.271 e. The average Bonchev–Trinajstić information content (AvgIpc) is 2.75. The molecule has 0 heterocycles. The molecule has 0 unspecified atom stereocenters.